The highest BCUT2D eigenvalue weighted by Crippen LogP contribution is 2.30. The number of thioether (sulfide) groups is 1. The molecule has 0 saturated heterocycles. The second kappa shape index (κ2) is 8.99. The Hall–Kier alpha value is -2.41. The minimum Gasteiger partial charge on any atom is -0.489 e. The fourth-order valence-corrected chi connectivity index (χ4v) is 3.20. The third-order valence-corrected chi connectivity index (χ3v) is 4.97. The van der Waals surface area contributed by atoms with Gasteiger partial charge in [-0.2, -0.15) is 13.2 Å². The molecular weight excluding hydrogens is 377 g/mol. The van der Waals surface area contributed by atoms with Crippen LogP contribution in [0.4, 0.5) is 13.2 Å². The second-order valence-electron chi connectivity index (χ2n) is 6.02. The van der Waals surface area contributed by atoms with Gasteiger partial charge in [-0.15, -0.1) is 11.8 Å². The summed E-state index contributed by atoms with van der Waals surface area (Å²) in [5.41, 5.74) is 1.80. The van der Waals surface area contributed by atoms with E-state index < -0.39 is 17.7 Å². The summed E-state index contributed by atoms with van der Waals surface area (Å²) in [5, 5.41) is 8.82. The highest BCUT2D eigenvalue weighted by molar-refractivity contribution is 7.99. The maximum absolute atomic E-state index is 12.5. The number of aryl methyl sites for hydroxylation is 1. The molecule has 0 atom stereocenters. The maximum Gasteiger partial charge on any atom is 0.416 e. The molecular formula is C20H19F3O3S. The predicted molar refractivity (Wildman–Crippen MR) is 99.3 cm³/mol. The number of aliphatic carboxylic acids is 1. The number of alkyl halides is 3. The number of ether oxygens (including phenoxy) is 1. The summed E-state index contributed by atoms with van der Waals surface area (Å²) in [6, 6.07) is 10.0. The number of rotatable bonds is 8. The zero-order chi connectivity index (χ0) is 20.0. The van der Waals surface area contributed by atoms with Gasteiger partial charge in [0.05, 0.1) is 12.0 Å². The van der Waals surface area contributed by atoms with Crippen molar-refractivity contribution in [1.82, 2.24) is 0 Å². The molecule has 0 radical (unpaired) electrons. The monoisotopic (exact) mass is 396 g/mol. The van der Waals surface area contributed by atoms with Crippen molar-refractivity contribution in [3.8, 4) is 5.75 Å². The lowest BCUT2D eigenvalue weighted by Gasteiger charge is -2.11. The first-order valence-corrected chi connectivity index (χ1v) is 9.04. The van der Waals surface area contributed by atoms with Crippen LogP contribution in [0.3, 0.4) is 0 Å². The second-order valence-corrected chi connectivity index (χ2v) is 7.04. The van der Waals surface area contributed by atoms with E-state index in [0.29, 0.717) is 11.5 Å². The quantitative estimate of drug-likeness (QED) is 0.481. The van der Waals surface area contributed by atoms with Gasteiger partial charge >= 0.3 is 12.1 Å². The number of hydrogen-bond donors (Lipinski definition) is 1. The van der Waals surface area contributed by atoms with E-state index in [1.165, 1.54) is 12.1 Å². The van der Waals surface area contributed by atoms with Crippen LogP contribution in [0.25, 0.3) is 0 Å². The van der Waals surface area contributed by atoms with E-state index >= 15 is 0 Å². The summed E-state index contributed by atoms with van der Waals surface area (Å²) in [6.45, 7) is 6.04. The maximum atomic E-state index is 12.5. The molecule has 2 rings (SSSR count). The first-order chi connectivity index (χ1) is 12.6. The molecule has 27 heavy (non-hydrogen) atoms. The number of carboxylic acids is 1. The lowest BCUT2D eigenvalue weighted by Crippen LogP contribution is -2.05. The molecule has 144 valence electrons. The molecule has 7 heteroatoms. The fourth-order valence-electron chi connectivity index (χ4n) is 2.31. The number of carboxylic acid groups (broad SMARTS) is 1. The van der Waals surface area contributed by atoms with Gasteiger partial charge in [-0.1, -0.05) is 18.7 Å². The molecule has 0 saturated carbocycles. The molecule has 0 aliphatic carbocycles. The largest absolute Gasteiger partial charge is 0.489 e. The van der Waals surface area contributed by atoms with Crippen molar-refractivity contribution in [2.24, 2.45) is 0 Å². The minimum atomic E-state index is -4.36. The van der Waals surface area contributed by atoms with Crippen molar-refractivity contribution in [2.45, 2.75) is 24.4 Å². The van der Waals surface area contributed by atoms with Gasteiger partial charge in [0.1, 0.15) is 12.4 Å². The van der Waals surface area contributed by atoms with E-state index in [0.717, 1.165) is 33.7 Å². The molecule has 1 N–H and O–H groups in total. The number of carbonyl (C=O) groups is 1. The first kappa shape index (κ1) is 20.9. The van der Waals surface area contributed by atoms with Crippen LogP contribution in [0.15, 0.2) is 59.5 Å². The molecule has 0 spiro atoms. The molecule has 0 amide bonds. The summed E-state index contributed by atoms with van der Waals surface area (Å²) < 4.78 is 43.1. The molecule has 0 heterocycles. The van der Waals surface area contributed by atoms with Gasteiger partial charge in [-0.25, -0.2) is 0 Å². The fraction of sp³-hybridized carbons (Fsp3) is 0.250. The van der Waals surface area contributed by atoms with Crippen LogP contribution in [0.1, 0.15) is 16.7 Å². The lowest BCUT2D eigenvalue weighted by molar-refractivity contribution is -0.138. The zero-order valence-electron chi connectivity index (χ0n) is 14.7. The summed E-state index contributed by atoms with van der Waals surface area (Å²) in [7, 11) is 0. The van der Waals surface area contributed by atoms with Gasteiger partial charge in [0.2, 0.25) is 0 Å². The van der Waals surface area contributed by atoms with Crippen molar-refractivity contribution in [3.05, 3.63) is 71.3 Å². The van der Waals surface area contributed by atoms with E-state index in [2.05, 4.69) is 6.58 Å². The van der Waals surface area contributed by atoms with Crippen LogP contribution < -0.4 is 4.74 Å². The smallest absolute Gasteiger partial charge is 0.416 e. The van der Waals surface area contributed by atoms with Gasteiger partial charge in [-0.3, -0.25) is 4.79 Å². The molecule has 0 bridgehead atoms. The molecule has 2 aromatic rings. The Morgan fingerprint density at radius 1 is 1.19 bits per heavy atom. The van der Waals surface area contributed by atoms with E-state index in [9.17, 15) is 18.0 Å². The number of halogens is 3. The zero-order valence-corrected chi connectivity index (χ0v) is 15.5. The average molecular weight is 396 g/mol. The molecule has 0 fully saturated rings. The van der Waals surface area contributed by atoms with Crippen LogP contribution in [0, 0.1) is 6.92 Å². The number of hydrogen-bond acceptors (Lipinski definition) is 3. The Balaban J connectivity index is 1.83. The van der Waals surface area contributed by atoms with Gasteiger partial charge in [-0.05, 0) is 54.0 Å². The van der Waals surface area contributed by atoms with Gasteiger partial charge in [0.25, 0.3) is 0 Å². The SMILES string of the molecule is C=C(COc1ccc(C(F)(F)F)cc1)CSc1ccc(CC(=O)O)cc1C. The third kappa shape index (κ3) is 6.67. The van der Waals surface area contributed by atoms with E-state index in [4.69, 9.17) is 9.84 Å². The molecule has 0 aliphatic rings. The van der Waals surface area contributed by atoms with Crippen molar-refractivity contribution >= 4 is 17.7 Å². The van der Waals surface area contributed by atoms with E-state index in [1.54, 1.807) is 17.8 Å². The Bertz CT molecular complexity index is 814. The van der Waals surface area contributed by atoms with Crippen LogP contribution >= 0.6 is 11.8 Å². The molecule has 2 aromatic carbocycles. The Morgan fingerprint density at radius 3 is 2.41 bits per heavy atom. The molecule has 0 aliphatic heterocycles. The van der Waals surface area contributed by atoms with Crippen molar-refractivity contribution in [2.75, 3.05) is 12.4 Å². The normalized spacial score (nSPS) is 11.3. The molecule has 0 unspecified atom stereocenters. The van der Waals surface area contributed by atoms with Crippen LogP contribution in [-0.4, -0.2) is 23.4 Å². The van der Waals surface area contributed by atoms with Crippen molar-refractivity contribution in [3.63, 3.8) is 0 Å². The highest BCUT2D eigenvalue weighted by Gasteiger charge is 2.30. The van der Waals surface area contributed by atoms with Crippen LogP contribution in [0.2, 0.25) is 0 Å². The Kier molecular flexibility index (Phi) is 6.96. The third-order valence-electron chi connectivity index (χ3n) is 3.65. The summed E-state index contributed by atoms with van der Waals surface area (Å²) in [5.74, 6) is 0.0617. The summed E-state index contributed by atoms with van der Waals surface area (Å²) in [4.78, 5) is 11.8. The highest BCUT2D eigenvalue weighted by atomic mass is 32.2. The van der Waals surface area contributed by atoms with Crippen molar-refractivity contribution in [1.29, 1.82) is 0 Å². The number of benzene rings is 2. The van der Waals surface area contributed by atoms with E-state index in [-0.39, 0.29) is 13.0 Å². The minimum absolute atomic E-state index is 0.0144. The molecule has 3 nitrogen and oxygen atoms in total. The van der Waals surface area contributed by atoms with Gasteiger partial charge in [0, 0.05) is 10.6 Å². The topological polar surface area (TPSA) is 46.5 Å². The van der Waals surface area contributed by atoms with Gasteiger partial charge in [0.15, 0.2) is 0 Å². The first-order valence-electron chi connectivity index (χ1n) is 8.06. The van der Waals surface area contributed by atoms with Crippen molar-refractivity contribution < 1.29 is 27.8 Å². The standard InChI is InChI=1S/C20H19F3O3S/c1-13(11-26-17-6-4-16(5-7-17)20(21,22)23)12-27-18-8-3-15(9-14(18)2)10-19(24)25/h3-9H,1,10-12H2,2H3,(H,24,25). The summed E-state index contributed by atoms with van der Waals surface area (Å²) >= 11 is 1.55. The predicted octanol–water partition coefficient (Wildman–Crippen LogP) is 5.37. The van der Waals surface area contributed by atoms with E-state index in [1.807, 2.05) is 19.1 Å². The molecule has 0 aromatic heterocycles. The Morgan fingerprint density at radius 2 is 1.85 bits per heavy atom. The van der Waals surface area contributed by atoms with Crippen LogP contribution in [-0.2, 0) is 17.4 Å². The lowest BCUT2D eigenvalue weighted by atomic mass is 10.1. The Labute approximate surface area is 159 Å². The van der Waals surface area contributed by atoms with Crippen LogP contribution in [0.5, 0.6) is 5.75 Å². The average Bonchev–Trinajstić information content (AvgIpc) is 2.58. The summed E-state index contributed by atoms with van der Waals surface area (Å²) in [6.07, 6.45) is -4.38. The van der Waals surface area contributed by atoms with Gasteiger partial charge < -0.3 is 9.84 Å².